The van der Waals surface area contributed by atoms with Gasteiger partial charge in [-0.2, -0.15) is 0 Å². The Bertz CT molecular complexity index is 1240. The Morgan fingerprint density at radius 2 is 1.74 bits per heavy atom. The first-order valence-electron chi connectivity index (χ1n) is 15.0. The van der Waals surface area contributed by atoms with Crippen molar-refractivity contribution in [1.29, 1.82) is 0 Å². The van der Waals surface area contributed by atoms with Crippen molar-refractivity contribution in [2.45, 2.75) is 103 Å². The van der Waals surface area contributed by atoms with E-state index < -0.39 is 29.7 Å². The van der Waals surface area contributed by atoms with Gasteiger partial charge in [-0.1, -0.05) is 68.9 Å². The molecule has 0 bridgehead atoms. The summed E-state index contributed by atoms with van der Waals surface area (Å²) in [6.07, 6.45) is 11.7. The van der Waals surface area contributed by atoms with Gasteiger partial charge in [-0.3, -0.25) is 9.59 Å². The Morgan fingerprint density at radius 3 is 2.36 bits per heavy atom. The zero-order chi connectivity index (χ0) is 30.7. The van der Waals surface area contributed by atoms with Crippen LogP contribution in [0.1, 0.15) is 95.4 Å². The van der Waals surface area contributed by atoms with Crippen LogP contribution >= 0.6 is 0 Å². The number of aromatic hydroxyl groups is 1. The molecule has 8 heteroatoms. The van der Waals surface area contributed by atoms with Crippen LogP contribution in [0, 0.1) is 12.3 Å². The predicted octanol–water partition coefficient (Wildman–Crippen LogP) is 5.63. The summed E-state index contributed by atoms with van der Waals surface area (Å²) in [7, 11) is 0. The third-order valence-corrected chi connectivity index (χ3v) is 7.32. The van der Waals surface area contributed by atoms with E-state index in [1.807, 2.05) is 19.1 Å². The molecule has 8 nitrogen and oxygen atoms in total. The van der Waals surface area contributed by atoms with E-state index in [0.29, 0.717) is 24.1 Å². The van der Waals surface area contributed by atoms with Gasteiger partial charge in [-0.15, -0.1) is 6.42 Å². The second-order valence-electron chi connectivity index (χ2n) is 11.9. The fourth-order valence-corrected chi connectivity index (χ4v) is 5.26. The number of phenolic OH excluding ortho intramolecular Hbond substituents is 1. The number of terminal acetylenes is 1. The van der Waals surface area contributed by atoms with Crippen LogP contribution in [0.3, 0.4) is 0 Å². The minimum absolute atomic E-state index is 0.0301. The van der Waals surface area contributed by atoms with E-state index in [1.54, 1.807) is 49.9 Å². The summed E-state index contributed by atoms with van der Waals surface area (Å²) >= 11 is 0. The van der Waals surface area contributed by atoms with Gasteiger partial charge in [0.15, 0.2) is 0 Å². The van der Waals surface area contributed by atoms with Gasteiger partial charge in [0.05, 0.1) is 0 Å². The summed E-state index contributed by atoms with van der Waals surface area (Å²) in [4.78, 5) is 43.1. The lowest BCUT2D eigenvalue weighted by Gasteiger charge is -2.36. The van der Waals surface area contributed by atoms with E-state index >= 15 is 0 Å². The molecule has 3 N–H and O–H groups in total. The molecule has 42 heavy (non-hydrogen) atoms. The summed E-state index contributed by atoms with van der Waals surface area (Å²) in [6.45, 7) is 7.55. The van der Waals surface area contributed by atoms with Crippen molar-refractivity contribution in [3.63, 3.8) is 0 Å². The molecule has 0 saturated heterocycles. The molecule has 1 fully saturated rings. The number of alkyl carbamates (subject to hydrolysis) is 1. The number of nitrogens with zero attached hydrogens (tertiary/aromatic N) is 1. The monoisotopic (exact) mass is 575 g/mol. The number of carbonyl (C=O) groups is 3. The fraction of sp³-hybridized carbons (Fsp3) is 0.500. The highest BCUT2D eigenvalue weighted by molar-refractivity contribution is 5.92. The molecule has 2 unspecified atom stereocenters. The van der Waals surface area contributed by atoms with Gasteiger partial charge in [-0.25, -0.2) is 4.79 Å². The first kappa shape index (κ1) is 32.5. The van der Waals surface area contributed by atoms with E-state index in [-0.39, 0.29) is 24.1 Å². The Morgan fingerprint density at radius 1 is 1.07 bits per heavy atom. The van der Waals surface area contributed by atoms with Crippen molar-refractivity contribution >= 4 is 17.9 Å². The second-order valence-corrected chi connectivity index (χ2v) is 11.9. The molecule has 3 amide bonds. The highest BCUT2D eigenvalue weighted by Crippen LogP contribution is 2.28. The Labute approximate surface area is 250 Å². The molecule has 1 saturated carbocycles. The summed E-state index contributed by atoms with van der Waals surface area (Å²) in [5.41, 5.74) is 1.06. The predicted molar refractivity (Wildman–Crippen MR) is 164 cm³/mol. The Hall–Kier alpha value is -3.99. The number of carbonyl (C=O) groups excluding carboxylic acids is 3. The molecular weight excluding hydrogens is 530 g/mol. The lowest BCUT2D eigenvalue weighted by molar-refractivity contribution is -0.143. The Balaban J connectivity index is 2.05. The third kappa shape index (κ3) is 9.54. The van der Waals surface area contributed by atoms with Gasteiger partial charge < -0.3 is 25.4 Å². The van der Waals surface area contributed by atoms with Gasteiger partial charge in [-0.05, 0) is 69.4 Å². The average molecular weight is 576 g/mol. The summed E-state index contributed by atoms with van der Waals surface area (Å²) < 4.78 is 5.50. The second kappa shape index (κ2) is 15.3. The minimum atomic E-state index is -1.04. The molecular formula is C34H45N3O5. The molecule has 0 radical (unpaired) electrons. The summed E-state index contributed by atoms with van der Waals surface area (Å²) in [5, 5.41) is 15.7. The average Bonchev–Trinajstić information content (AvgIpc) is 2.95. The number of nitrogens with one attached hydrogen (secondary N) is 2. The largest absolute Gasteiger partial charge is 0.508 e. The molecule has 226 valence electrons. The third-order valence-electron chi connectivity index (χ3n) is 7.32. The van der Waals surface area contributed by atoms with Crippen molar-refractivity contribution in [1.82, 2.24) is 15.5 Å². The first-order chi connectivity index (χ1) is 20.0. The van der Waals surface area contributed by atoms with Crippen LogP contribution in [0.15, 0.2) is 48.5 Å². The molecule has 0 aromatic heterocycles. The number of amides is 3. The highest BCUT2D eigenvalue weighted by Gasteiger charge is 2.37. The van der Waals surface area contributed by atoms with Gasteiger partial charge >= 0.3 is 6.09 Å². The van der Waals surface area contributed by atoms with E-state index in [2.05, 4.69) is 16.6 Å². The molecule has 2 atom stereocenters. The number of hydrogen-bond donors (Lipinski definition) is 3. The van der Waals surface area contributed by atoms with Crippen molar-refractivity contribution in [3.8, 4) is 18.1 Å². The van der Waals surface area contributed by atoms with Crippen molar-refractivity contribution in [3.05, 3.63) is 65.2 Å². The minimum Gasteiger partial charge on any atom is -0.508 e. The lowest BCUT2D eigenvalue weighted by Crippen LogP contribution is -2.54. The molecule has 2 aromatic rings. The van der Waals surface area contributed by atoms with Crippen molar-refractivity contribution in [2.24, 2.45) is 0 Å². The van der Waals surface area contributed by atoms with Crippen molar-refractivity contribution < 1.29 is 24.2 Å². The number of unbranched alkanes of at least 4 members (excludes halogenated alkanes) is 1. The van der Waals surface area contributed by atoms with E-state index in [9.17, 15) is 19.5 Å². The van der Waals surface area contributed by atoms with Gasteiger partial charge in [0, 0.05) is 24.6 Å². The molecule has 0 spiro atoms. The maximum absolute atomic E-state index is 14.5. The highest BCUT2D eigenvalue weighted by atomic mass is 16.6. The molecule has 1 aliphatic rings. The number of hydrogen-bond acceptors (Lipinski definition) is 5. The van der Waals surface area contributed by atoms with Crippen LogP contribution in [0.2, 0.25) is 0 Å². The normalized spacial score (nSPS) is 15.1. The van der Waals surface area contributed by atoms with Crippen LogP contribution in [0.25, 0.3) is 0 Å². The van der Waals surface area contributed by atoms with E-state index in [0.717, 1.165) is 44.1 Å². The smallest absolute Gasteiger partial charge is 0.408 e. The zero-order valence-corrected chi connectivity index (χ0v) is 25.3. The van der Waals surface area contributed by atoms with Gasteiger partial charge in [0.25, 0.3) is 0 Å². The molecule has 0 heterocycles. The van der Waals surface area contributed by atoms with E-state index in [4.69, 9.17) is 11.2 Å². The number of phenols is 1. The first-order valence-corrected chi connectivity index (χ1v) is 15.0. The van der Waals surface area contributed by atoms with Crippen LogP contribution in [-0.4, -0.2) is 52.1 Å². The topological polar surface area (TPSA) is 108 Å². The number of benzene rings is 2. The molecule has 1 aliphatic carbocycles. The summed E-state index contributed by atoms with van der Waals surface area (Å²) in [6, 6.07) is 11.7. The molecule has 3 rings (SSSR count). The van der Waals surface area contributed by atoms with Crippen LogP contribution < -0.4 is 10.6 Å². The summed E-state index contributed by atoms with van der Waals surface area (Å²) in [5.74, 6) is 2.08. The molecule has 2 aromatic carbocycles. The number of ether oxygens (including phenoxy) is 1. The van der Waals surface area contributed by atoms with Crippen LogP contribution in [0.4, 0.5) is 4.79 Å². The maximum atomic E-state index is 14.5. The van der Waals surface area contributed by atoms with Crippen LogP contribution in [0.5, 0.6) is 5.75 Å². The van der Waals surface area contributed by atoms with Crippen LogP contribution in [-0.2, 0) is 20.7 Å². The van der Waals surface area contributed by atoms with E-state index in [1.165, 1.54) is 12.1 Å². The molecule has 0 aliphatic heterocycles. The quantitative estimate of drug-likeness (QED) is 0.301. The Kier molecular flexibility index (Phi) is 11.8. The fourth-order valence-electron chi connectivity index (χ4n) is 5.26. The number of rotatable bonds is 11. The van der Waals surface area contributed by atoms with Gasteiger partial charge in [0.2, 0.25) is 11.8 Å². The van der Waals surface area contributed by atoms with Gasteiger partial charge in [0.1, 0.15) is 23.4 Å². The SMILES string of the molecule is C#Cc1ccccc1C(C(=O)NC1CCCCC1)N(CCCC)C(=O)C(Cc1ccc(O)cc1)NC(=O)OC(C)(C)C. The standard InChI is InChI=1S/C34H45N3O5/c1-6-8-22-37(30(28-17-13-12-14-25(28)7-2)31(39)35-26-15-10-9-11-16-26)32(40)29(36-33(41)42-34(3,4)5)23-24-18-20-27(38)21-19-24/h2,12-14,17-21,26,29-30,38H,6,8-11,15-16,22-23H2,1,3-5H3,(H,35,39)(H,36,41). The maximum Gasteiger partial charge on any atom is 0.408 e. The lowest BCUT2D eigenvalue weighted by atomic mass is 9.93. The van der Waals surface area contributed by atoms with Crippen molar-refractivity contribution in [2.75, 3.05) is 6.54 Å². The zero-order valence-electron chi connectivity index (χ0n) is 25.3.